The first-order valence-corrected chi connectivity index (χ1v) is 10.6. The van der Waals surface area contributed by atoms with E-state index in [1.807, 2.05) is 13.0 Å². The maximum atomic E-state index is 10.6. The zero-order valence-corrected chi connectivity index (χ0v) is 14.8. The van der Waals surface area contributed by atoms with Crippen LogP contribution < -0.4 is 0 Å². The second kappa shape index (κ2) is 7.41. The Morgan fingerprint density at radius 3 is 2.26 bits per heavy atom. The fourth-order valence-corrected chi connectivity index (χ4v) is 3.45. The first-order chi connectivity index (χ1) is 8.52. The number of hydrogen-bond donors (Lipinski definition) is 1. The average molecular weight is 285 g/mol. The highest BCUT2D eigenvalue weighted by Crippen LogP contribution is 2.33. The van der Waals surface area contributed by atoms with Crippen LogP contribution in [-0.2, 0) is 4.43 Å². The van der Waals surface area contributed by atoms with Crippen molar-refractivity contribution < 1.29 is 9.53 Å². The number of aliphatic hydroxyl groups is 1. The Hall–Kier alpha value is -0.383. The molecule has 0 aliphatic heterocycles. The molecule has 0 saturated carbocycles. The van der Waals surface area contributed by atoms with E-state index in [0.29, 0.717) is 0 Å². The number of rotatable bonds is 8. The van der Waals surface area contributed by atoms with E-state index in [1.54, 1.807) is 0 Å². The van der Waals surface area contributed by atoms with Gasteiger partial charge in [0.15, 0.2) is 8.32 Å². The van der Waals surface area contributed by atoms with Gasteiger partial charge in [0.25, 0.3) is 0 Å². The molecule has 19 heavy (non-hydrogen) atoms. The third kappa shape index (κ3) is 7.09. The molecule has 0 aromatic carbocycles. The summed E-state index contributed by atoms with van der Waals surface area (Å²) in [4.78, 5) is 0. The maximum absolute atomic E-state index is 10.6. The first-order valence-electron chi connectivity index (χ1n) is 7.14. The average Bonchev–Trinajstić information content (AvgIpc) is 2.24. The minimum Gasteiger partial charge on any atom is -0.412 e. The molecule has 0 aromatic heterocycles. The van der Waals surface area contributed by atoms with Crippen LogP contribution >= 0.6 is 0 Å². The van der Waals surface area contributed by atoms with Gasteiger partial charge in [-0.15, -0.1) is 6.58 Å². The van der Waals surface area contributed by atoms with Crippen LogP contribution in [0.5, 0.6) is 0 Å². The van der Waals surface area contributed by atoms with Crippen LogP contribution in [0.25, 0.3) is 0 Å². The lowest BCUT2D eigenvalue weighted by Crippen LogP contribution is -2.44. The van der Waals surface area contributed by atoms with Crippen molar-refractivity contribution in [3.63, 3.8) is 0 Å². The third-order valence-corrected chi connectivity index (χ3v) is 4.44. The van der Waals surface area contributed by atoms with E-state index in [4.69, 9.17) is 4.43 Å². The molecule has 0 spiro atoms. The fourth-order valence-electron chi connectivity index (χ4n) is 2.20. The zero-order chi connectivity index (χ0) is 15.3. The van der Waals surface area contributed by atoms with E-state index in [9.17, 15) is 5.11 Å². The first kappa shape index (κ1) is 18.6. The summed E-state index contributed by atoms with van der Waals surface area (Å²) < 4.78 is 6.00. The molecule has 0 amide bonds. The van der Waals surface area contributed by atoms with Crippen LogP contribution in [0.4, 0.5) is 0 Å². The van der Waals surface area contributed by atoms with Crippen molar-refractivity contribution in [2.75, 3.05) is 0 Å². The Balaban J connectivity index is 4.72. The largest absolute Gasteiger partial charge is 0.412 e. The minimum absolute atomic E-state index is 0.152. The summed E-state index contributed by atoms with van der Waals surface area (Å²) in [6.45, 7) is 18.6. The molecule has 0 saturated heterocycles. The number of aliphatic hydroxyl groups excluding tert-OH is 1. The normalized spacial score (nSPS) is 18.3. The van der Waals surface area contributed by atoms with E-state index in [1.165, 1.54) is 5.57 Å². The van der Waals surface area contributed by atoms with E-state index in [2.05, 4.69) is 53.1 Å². The van der Waals surface area contributed by atoms with Crippen molar-refractivity contribution in [2.24, 2.45) is 5.41 Å². The molecule has 0 aromatic rings. The van der Waals surface area contributed by atoms with Crippen LogP contribution in [0.3, 0.4) is 0 Å². The monoisotopic (exact) mass is 284 g/mol. The van der Waals surface area contributed by atoms with Gasteiger partial charge in [0.1, 0.15) is 0 Å². The molecule has 0 rings (SSSR count). The third-order valence-electron chi connectivity index (χ3n) is 3.36. The van der Waals surface area contributed by atoms with Crippen LogP contribution in [0.15, 0.2) is 24.3 Å². The molecule has 1 N–H and O–H groups in total. The smallest absolute Gasteiger partial charge is 0.184 e. The summed E-state index contributed by atoms with van der Waals surface area (Å²) in [5.74, 6) is 0. The van der Waals surface area contributed by atoms with Crippen LogP contribution in [-0.4, -0.2) is 25.6 Å². The van der Waals surface area contributed by atoms with Crippen LogP contribution in [0, 0.1) is 5.41 Å². The molecule has 3 heteroatoms. The van der Waals surface area contributed by atoms with Crippen molar-refractivity contribution in [3.05, 3.63) is 24.3 Å². The van der Waals surface area contributed by atoms with Gasteiger partial charge in [-0.3, -0.25) is 0 Å². The standard InChI is InChI=1S/C16H32O2Si/c1-9-16(5,12-10-11-13(2)3)15(17)14(4)18-19(6,7)8/h9,11,14-15,17H,1,10,12H2,2-8H3/t14-,15+,16+/m0/s1. The number of allylic oxidation sites excluding steroid dienone is 2. The molecular weight excluding hydrogens is 252 g/mol. The summed E-state index contributed by atoms with van der Waals surface area (Å²) in [6, 6.07) is 0. The molecule has 0 radical (unpaired) electrons. The van der Waals surface area contributed by atoms with Crippen LogP contribution in [0.2, 0.25) is 19.6 Å². The van der Waals surface area contributed by atoms with Gasteiger partial charge in [0, 0.05) is 5.41 Å². The van der Waals surface area contributed by atoms with Gasteiger partial charge < -0.3 is 9.53 Å². The van der Waals surface area contributed by atoms with Crippen molar-refractivity contribution in [3.8, 4) is 0 Å². The second-order valence-electron chi connectivity index (χ2n) is 6.91. The van der Waals surface area contributed by atoms with E-state index in [0.717, 1.165) is 12.8 Å². The van der Waals surface area contributed by atoms with Gasteiger partial charge in [0.05, 0.1) is 12.2 Å². The summed E-state index contributed by atoms with van der Waals surface area (Å²) in [5.41, 5.74) is 1.01. The van der Waals surface area contributed by atoms with Gasteiger partial charge in [0.2, 0.25) is 0 Å². The summed E-state index contributed by atoms with van der Waals surface area (Å²) in [6.07, 6.45) is 5.27. The van der Waals surface area contributed by atoms with Crippen LogP contribution in [0.1, 0.15) is 40.5 Å². The van der Waals surface area contributed by atoms with E-state index < -0.39 is 14.4 Å². The topological polar surface area (TPSA) is 29.5 Å². The Bertz CT molecular complexity index is 313. The minimum atomic E-state index is -1.63. The fraction of sp³-hybridized carbons (Fsp3) is 0.750. The lowest BCUT2D eigenvalue weighted by Gasteiger charge is -2.37. The van der Waals surface area contributed by atoms with E-state index in [-0.39, 0.29) is 11.5 Å². The molecule has 0 aliphatic rings. The molecule has 0 heterocycles. The molecule has 0 unspecified atom stereocenters. The highest BCUT2D eigenvalue weighted by molar-refractivity contribution is 6.69. The predicted molar refractivity (Wildman–Crippen MR) is 86.9 cm³/mol. The van der Waals surface area contributed by atoms with Crippen molar-refractivity contribution in [1.82, 2.24) is 0 Å². The Morgan fingerprint density at radius 1 is 1.37 bits per heavy atom. The maximum Gasteiger partial charge on any atom is 0.184 e. The molecule has 0 aliphatic carbocycles. The highest BCUT2D eigenvalue weighted by atomic mass is 28.4. The quantitative estimate of drug-likeness (QED) is 0.524. The number of hydrogen-bond acceptors (Lipinski definition) is 2. The lowest BCUT2D eigenvalue weighted by molar-refractivity contribution is -0.0246. The predicted octanol–water partition coefficient (Wildman–Crippen LogP) is 4.53. The highest BCUT2D eigenvalue weighted by Gasteiger charge is 2.35. The second-order valence-corrected chi connectivity index (χ2v) is 11.4. The zero-order valence-electron chi connectivity index (χ0n) is 13.8. The molecule has 0 fully saturated rings. The van der Waals surface area contributed by atoms with Gasteiger partial charge >= 0.3 is 0 Å². The molecular formula is C16H32O2Si. The Morgan fingerprint density at radius 2 is 1.89 bits per heavy atom. The van der Waals surface area contributed by atoms with E-state index >= 15 is 0 Å². The van der Waals surface area contributed by atoms with Gasteiger partial charge in [-0.25, -0.2) is 0 Å². The molecule has 112 valence electrons. The Kier molecular flexibility index (Phi) is 7.26. The van der Waals surface area contributed by atoms with Gasteiger partial charge in [-0.2, -0.15) is 0 Å². The van der Waals surface area contributed by atoms with Gasteiger partial charge in [-0.05, 0) is 53.3 Å². The Labute approximate surface area is 120 Å². The molecule has 3 atom stereocenters. The molecule has 2 nitrogen and oxygen atoms in total. The summed E-state index contributed by atoms with van der Waals surface area (Å²) in [5, 5.41) is 10.6. The lowest BCUT2D eigenvalue weighted by atomic mass is 9.78. The van der Waals surface area contributed by atoms with Crippen molar-refractivity contribution >= 4 is 8.32 Å². The van der Waals surface area contributed by atoms with Gasteiger partial charge in [-0.1, -0.05) is 24.6 Å². The molecule has 0 bridgehead atoms. The van der Waals surface area contributed by atoms with Crippen molar-refractivity contribution in [1.29, 1.82) is 0 Å². The SMILES string of the molecule is C=C[C@](C)(CCC=C(C)C)[C@H](O)[C@H](C)O[Si](C)(C)C. The summed E-state index contributed by atoms with van der Waals surface area (Å²) in [7, 11) is -1.63. The summed E-state index contributed by atoms with van der Waals surface area (Å²) >= 11 is 0. The van der Waals surface area contributed by atoms with Crippen molar-refractivity contribution in [2.45, 2.75) is 72.4 Å².